The number of rotatable bonds is 1. The van der Waals surface area contributed by atoms with E-state index in [-0.39, 0.29) is 16.9 Å². The summed E-state index contributed by atoms with van der Waals surface area (Å²) in [4.78, 5) is 12.3. The average molecular weight is 307 g/mol. The lowest BCUT2D eigenvalue weighted by atomic mass is 10.2. The van der Waals surface area contributed by atoms with Gasteiger partial charge in [-0.25, -0.2) is 0 Å². The Balaban J connectivity index is 2.32. The molecule has 0 aliphatic rings. The topological polar surface area (TPSA) is 69.1 Å². The third-order valence-corrected chi connectivity index (χ3v) is 2.98. The van der Waals surface area contributed by atoms with E-state index in [0.29, 0.717) is 16.9 Å². The van der Waals surface area contributed by atoms with Crippen molar-refractivity contribution < 1.29 is 8.83 Å². The summed E-state index contributed by atoms with van der Waals surface area (Å²) in [5.74, 6) is 0.571. The molecule has 5 nitrogen and oxygen atoms in total. The van der Waals surface area contributed by atoms with Crippen molar-refractivity contribution in [2.75, 3.05) is 0 Å². The summed E-state index contributed by atoms with van der Waals surface area (Å²) in [5.41, 5.74) is 0.589. The highest BCUT2D eigenvalue weighted by molar-refractivity contribution is 9.10. The number of hydrogen-bond acceptors (Lipinski definition) is 5. The van der Waals surface area contributed by atoms with Crippen molar-refractivity contribution in [3.05, 3.63) is 45.0 Å². The molecule has 90 valence electrons. The minimum Gasteiger partial charge on any atom is -0.463 e. The maximum absolute atomic E-state index is 12.3. The number of aryl methyl sites for hydroxylation is 1. The SMILES string of the molecule is Cc1nnc(-c2coc3ccc(Br)cc3c2=O)o1. The molecule has 3 rings (SSSR count). The van der Waals surface area contributed by atoms with E-state index in [1.807, 2.05) is 6.07 Å². The fourth-order valence-electron chi connectivity index (χ4n) is 1.66. The van der Waals surface area contributed by atoms with Crippen molar-refractivity contribution in [3.63, 3.8) is 0 Å². The minimum atomic E-state index is -0.193. The van der Waals surface area contributed by atoms with E-state index >= 15 is 0 Å². The van der Waals surface area contributed by atoms with Crippen molar-refractivity contribution in [3.8, 4) is 11.5 Å². The molecule has 0 fully saturated rings. The van der Waals surface area contributed by atoms with Gasteiger partial charge in [0, 0.05) is 11.4 Å². The Hall–Kier alpha value is -1.95. The van der Waals surface area contributed by atoms with E-state index in [0.717, 1.165) is 4.47 Å². The molecule has 0 unspecified atom stereocenters. The van der Waals surface area contributed by atoms with Crippen LogP contribution in [0.25, 0.3) is 22.4 Å². The van der Waals surface area contributed by atoms with Gasteiger partial charge >= 0.3 is 0 Å². The first-order chi connectivity index (χ1) is 8.65. The number of hydrogen-bond donors (Lipinski definition) is 0. The van der Waals surface area contributed by atoms with Gasteiger partial charge in [-0.2, -0.15) is 0 Å². The van der Waals surface area contributed by atoms with Crippen LogP contribution in [-0.4, -0.2) is 10.2 Å². The molecule has 1 aromatic carbocycles. The third-order valence-electron chi connectivity index (χ3n) is 2.49. The summed E-state index contributed by atoms with van der Waals surface area (Å²) < 4.78 is 11.4. The highest BCUT2D eigenvalue weighted by Crippen LogP contribution is 2.21. The summed E-state index contributed by atoms with van der Waals surface area (Å²) in [6.45, 7) is 1.66. The Morgan fingerprint density at radius 3 is 2.83 bits per heavy atom. The predicted octanol–water partition coefficient (Wildman–Crippen LogP) is 2.91. The molecule has 0 N–H and O–H groups in total. The van der Waals surface area contributed by atoms with Crippen molar-refractivity contribution in [1.29, 1.82) is 0 Å². The van der Waals surface area contributed by atoms with Gasteiger partial charge < -0.3 is 8.83 Å². The maximum atomic E-state index is 12.3. The standard InChI is InChI=1S/C12H7BrN2O3/c1-6-14-15-12(18-6)9-5-17-10-3-2-7(13)4-8(10)11(9)16/h2-5H,1H3. The Labute approximate surface area is 110 Å². The van der Waals surface area contributed by atoms with E-state index in [1.165, 1.54) is 6.26 Å². The molecular weight excluding hydrogens is 300 g/mol. The van der Waals surface area contributed by atoms with E-state index < -0.39 is 0 Å². The Morgan fingerprint density at radius 1 is 1.28 bits per heavy atom. The number of nitrogens with zero attached hydrogens (tertiary/aromatic N) is 2. The van der Waals surface area contributed by atoms with E-state index in [2.05, 4.69) is 26.1 Å². The molecule has 0 saturated carbocycles. The van der Waals surface area contributed by atoms with E-state index in [4.69, 9.17) is 8.83 Å². The van der Waals surface area contributed by atoms with Gasteiger partial charge in [0.25, 0.3) is 5.89 Å². The molecule has 0 atom stereocenters. The van der Waals surface area contributed by atoms with Gasteiger partial charge in [-0.15, -0.1) is 10.2 Å². The lowest BCUT2D eigenvalue weighted by molar-refractivity contribution is 0.527. The zero-order valence-corrected chi connectivity index (χ0v) is 10.9. The molecule has 0 amide bonds. The normalized spacial score (nSPS) is 11.0. The van der Waals surface area contributed by atoms with E-state index in [1.54, 1.807) is 19.1 Å². The third kappa shape index (κ3) is 1.74. The maximum Gasteiger partial charge on any atom is 0.254 e. The van der Waals surface area contributed by atoms with Crippen LogP contribution >= 0.6 is 15.9 Å². The second kappa shape index (κ2) is 4.06. The molecule has 0 bridgehead atoms. The number of fused-ring (bicyclic) bond motifs is 1. The highest BCUT2D eigenvalue weighted by Gasteiger charge is 2.14. The predicted molar refractivity (Wildman–Crippen MR) is 68.2 cm³/mol. The second-order valence-electron chi connectivity index (χ2n) is 3.75. The van der Waals surface area contributed by atoms with Gasteiger partial charge in [-0.3, -0.25) is 4.79 Å². The summed E-state index contributed by atoms with van der Waals surface area (Å²) in [6, 6.07) is 5.24. The molecular formula is C12H7BrN2O3. The van der Waals surface area contributed by atoms with Crippen LogP contribution in [0.5, 0.6) is 0 Å². The zero-order valence-electron chi connectivity index (χ0n) is 9.31. The van der Waals surface area contributed by atoms with Crippen molar-refractivity contribution in [2.45, 2.75) is 6.92 Å². The van der Waals surface area contributed by atoms with Crippen LogP contribution in [0.15, 0.2) is 42.6 Å². The smallest absolute Gasteiger partial charge is 0.254 e. The zero-order chi connectivity index (χ0) is 12.7. The summed E-state index contributed by atoms with van der Waals surface area (Å²) in [5, 5.41) is 7.98. The van der Waals surface area contributed by atoms with Crippen LogP contribution in [0.3, 0.4) is 0 Å². The van der Waals surface area contributed by atoms with Gasteiger partial charge in [0.15, 0.2) is 0 Å². The summed E-state index contributed by atoms with van der Waals surface area (Å²) >= 11 is 3.32. The first-order valence-corrected chi connectivity index (χ1v) is 5.96. The molecule has 0 spiro atoms. The van der Waals surface area contributed by atoms with E-state index in [9.17, 15) is 4.79 Å². The molecule has 3 aromatic rings. The molecule has 0 aliphatic carbocycles. The van der Waals surface area contributed by atoms with Crippen LogP contribution in [0.4, 0.5) is 0 Å². The van der Waals surface area contributed by atoms with Gasteiger partial charge in [-0.05, 0) is 18.2 Å². The first kappa shape index (κ1) is 11.2. The van der Waals surface area contributed by atoms with Crippen LogP contribution in [-0.2, 0) is 0 Å². The van der Waals surface area contributed by atoms with Crippen LogP contribution in [0.2, 0.25) is 0 Å². The molecule has 6 heteroatoms. The Morgan fingerprint density at radius 2 is 2.11 bits per heavy atom. The van der Waals surface area contributed by atoms with Crippen molar-refractivity contribution >= 4 is 26.9 Å². The lowest BCUT2D eigenvalue weighted by Gasteiger charge is -1.99. The van der Waals surface area contributed by atoms with Gasteiger partial charge in [0.1, 0.15) is 17.4 Å². The van der Waals surface area contributed by atoms with Crippen molar-refractivity contribution in [2.24, 2.45) is 0 Å². The van der Waals surface area contributed by atoms with Crippen LogP contribution in [0, 0.1) is 6.92 Å². The first-order valence-electron chi connectivity index (χ1n) is 5.17. The van der Waals surface area contributed by atoms with Crippen molar-refractivity contribution in [1.82, 2.24) is 10.2 Å². The fraction of sp³-hybridized carbons (Fsp3) is 0.0833. The molecule has 18 heavy (non-hydrogen) atoms. The molecule has 2 aromatic heterocycles. The Kier molecular flexibility index (Phi) is 2.52. The molecule has 0 radical (unpaired) electrons. The second-order valence-corrected chi connectivity index (χ2v) is 4.66. The largest absolute Gasteiger partial charge is 0.463 e. The quantitative estimate of drug-likeness (QED) is 0.691. The number of aromatic nitrogens is 2. The molecule has 0 saturated heterocycles. The summed E-state index contributed by atoms with van der Waals surface area (Å²) in [7, 11) is 0. The minimum absolute atomic E-state index is 0.170. The lowest BCUT2D eigenvalue weighted by Crippen LogP contribution is -2.04. The van der Waals surface area contributed by atoms with Crippen LogP contribution < -0.4 is 5.43 Å². The molecule has 0 aliphatic heterocycles. The Bertz CT molecular complexity index is 791. The fourth-order valence-corrected chi connectivity index (χ4v) is 2.02. The average Bonchev–Trinajstić information content (AvgIpc) is 2.77. The summed E-state index contributed by atoms with van der Waals surface area (Å²) in [6.07, 6.45) is 1.34. The molecule has 2 heterocycles. The number of halogens is 1. The highest BCUT2D eigenvalue weighted by atomic mass is 79.9. The van der Waals surface area contributed by atoms with Gasteiger partial charge in [0.05, 0.1) is 5.39 Å². The van der Waals surface area contributed by atoms with Crippen LogP contribution in [0.1, 0.15) is 5.89 Å². The monoisotopic (exact) mass is 306 g/mol. The van der Waals surface area contributed by atoms with Gasteiger partial charge in [0.2, 0.25) is 11.3 Å². The number of benzene rings is 1. The van der Waals surface area contributed by atoms with Gasteiger partial charge in [-0.1, -0.05) is 15.9 Å².